The van der Waals surface area contributed by atoms with Crippen LogP contribution in [0.5, 0.6) is 11.5 Å². The van der Waals surface area contributed by atoms with Gasteiger partial charge in [0.05, 0.1) is 28.7 Å². The molecule has 0 bridgehead atoms. The van der Waals surface area contributed by atoms with E-state index in [2.05, 4.69) is 59.8 Å². The Kier molecular flexibility index (Phi) is 9.15. The smallest absolute Gasteiger partial charge is 0.282 e. The number of fused-ring (bicyclic) bond motifs is 1. The van der Waals surface area contributed by atoms with Crippen molar-refractivity contribution in [3.63, 3.8) is 0 Å². The van der Waals surface area contributed by atoms with Gasteiger partial charge in [0.15, 0.2) is 11.5 Å². The number of unbranched alkanes of at least 4 members (excludes halogenated alkanes) is 1. The summed E-state index contributed by atoms with van der Waals surface area (Å²) in [4.78, 5) is 18.1. The Morgan fingerprint density at radius 1 is 1.11 bits per heavy atom. The van der Waals surface area contributed by atoms with E-state index in [9.17, 15) is 9.18 Å². The van der Waals surface area contributed by atoms with E-state index in [1.807, 2.05) is 12.1 Å². The van der Waals surface area contributed by atoms with Crippen molar-refractivity contribution in [3.8, 4) is 11.5 Å². The first-order valence-electron chi connectivity index (χ1n) is 11.5. The van der Waals surface area contributed by atoms with Gasteiger partial charge in [0, 0.05) is 26.5 Å². The molecule has 0 saturated carbocycles. The number of nitrogens with zero attached hydrogens (tertiary/aromatic N) is 3. The molecule has 0 fully saturated rings. The van der Waals surface area contributed by atoms with Crippen LogP contribution in [0.3, 0.4) is 0 Å². The average Bonchev–Trinajstić information content (AvgIpc) is 2.89. The molecule has 10 heteroatoms. The van der Waals surface area contributed by atoms with E-state index in [0.29, 0.717) is 54.7 Å². The van der Waals surface area contributed by atoms with Gasteiger partial charge in [-0.05, 0) is 68.6 Å². The van der Waals surface area contributed by atoms with E-state index in [-0.39, 0.29) is 18.0 Å². The predicted octanol–water partition coefficient (Wildman–Crippen LogP) is 7.64. The molecule has 0 amide bonds. The second-order valence-corrected chi connectivity index (χ2v) is 10.7. The fraction of sp³-hybridized carbons (Fsp3) is 0.222. The van der Waals surface area contributed by atoms with E-state index >= 15 is 0 Å². The lowest BCUT2D eigenvalue weighted by molar-refractivity contribution is 0.277. The minimum atomic E-state index is -0.347. The minimum absolute atomic E-state index is 0.0238. The SMILES string of the molecule is CCCCc1nc2ccc(Br)cc2c(=O)n1N=Cc1cc(OC)c(OCc2ccccc2F)c(Br)c1Br. The maximum atomic E-state index is 14.1. The molecule has 1 heterocycles. The zero-order chi connectivity index (χ0) is 26.5. The van der Waals surface area contributed by atoms with Gasteiger partial charge in [0.2, 0.25) is 0 Å². The van der Waals surface area contributed by atoms with Crippen LogP contribution in [0.4, 0.5) is 4.39 Å². The van der Waals surface area contributed by atoms with Crippen LogP contribution in [0.25, 0.3) is 10.9 Å². The third kappa shape index (κ3) is 6.13. The first kappa shape index (κ1) is 27.5. The molecule has 1 aromatic heterocycles. The molecule has 0 aliphatic heterocycles. The third-order valence-corrected chi connectivity index (χ3v) is 8.28. The molecule has 3 aromatic carbocycles. The maximum Gasteiger partial charge on any atom is 0.282 e. The summed E-state index contributed by atoms with van der Waals surface area (Å²) < 4.78 is 28.9. The lowest BCUT2D eigenvalue weighted by Crippen LogP contribution is -2.22. The monoisotopic (exact) mass is 693 g/mol. The third-order valence-electron chi connectivity index (χ3n) is 5.65. The number of ether oxygens (including phenoxy) is 2. The van der Waals surface area contributed by atoms with Gasteiger partial charge < -0.3 is 9.47 Å². The van der Waals surface area contributed by atoms with Crippen LogP contribution < -0.4 is 15.0 Å². The number of halogens is 4. The molecular weight excluding hydrogens is 673 g/mol. The lowest BCUT2D eigenvalue weighted by Gasteiger charge is -2.16. The molecule has 4 aromatic rings. The maximum absolute atomic E-state index is 14.1. The molecule has 37 heavy (non-hydrogen) atoms. The van der Waals surface area contributed by atoms with Gasteiger partial charge in [0.1, 0.15) is 18.2 Å². The molecule has 0 aliphatic carbocycles. The summed E-state index contributed by atoms with van der Waals surface area (Å²) in [6.07, 6.45) is 4.02. The van der Waals surface area contributed by atoms with E-state index in [1.54, 1.807) is 36.5 Å². The second kappa shape index (κ2) is 12.3. The normalized spacial score (nSPS) is 11.4. The Bertz CT molecular complexity index is 1540. The predicted molar refractivity (Wildman–Crippen MR) is 154 cm³/mol. The van der Waals surface area contributed by atoms with Gasteiger partial charge in [-0.2, -0.15) is 9.78 Å². The van der Waals surface area contributed by atoms with Gasteiger partial charge in [-0.15, -0.1) is 0 Å². The summed E-state index contributed by atoms with van der Waals surface area (Å²) in [5.41, 5.74) is 1.45. The Balaban J connectivity index is 1.73. The van der Waals surface area contributed by atoms with Crippen molar-refractivity contribution in [2.24, 2.45) is 5.10 Å². The largest absolute Gasteiger partial charge is 0.493 e. The number of hydrogen-bond acceptors (Lipinski definition) is 5. The standard InChI is InChI=1S/C27H23Br3FN3O3/c1-3-4-9-23-33-21-11-10-18(28)13-19(21)27(35)34(23)32-14-17-12-22(36-2)26(25(30)24(17)29)37-15-16-7-5-6-8-20(16)31/h5-8,10-14H,3-4,9,15H2,1-2H3. The number of benzene rings is 3. The molecule has 4 rings (SSSR count). The van der Waals surface area contributed by atoms with Gasteiger partial charge >= 0.3 is 0 Å². The highest BCUT2D eigenvalue weighted by atomic mass is 79.9. The van der Waals surface area contributed by atoms with Crippen molar-refractivity contribution in [3.05, 3.63) is 95.1 Å². The Morgan fingerprint density at radius 2 is 1.89 bits per heavy atom. The average molecular weight is 696 g/mol. The van der Waals surface area contributed by atoms with Gasteiger partial charge in [-0.3, -0.25) is 4.79 Å². The molecule has 0 spiro atoms. The molecule has 0 atom stereocenters. The summed E-state index contributed by atoms with van der Waals surface area (Å²) in [7, 11) is 1.52. The summed E-state index contributed by atoms with van der Waals surface area (Å²) in [6, 6.07) is 13.6. The van der Waals surface area contributed by atoms with Crippen LogP contribution in [-0.2, 0) is 13.0 Å². The van der Waals surface area contributed by atoms with Crippen LogP contribution in [-0.4, -0.2) is 23.0 Å². The molecule has 0 N–H and O–H groups in total. The van der Waals surface area contributed by atoms with Gasteiger partial charge in [-0.1, -0.05) is 47.5 Å². The number of methoxy groups -OCH3 is 1. The molecule has 0 aliphatic rings. The van der Waals surface area contributed by atoms with E-state index in [1.165, 1.54) is 17.9 Å². The first-order chi connectivity index (χ1) is 17.8. The van der Waals surface area contributed by atoms with Crippen molar-refractivity contribution < 1.29 is 13.9 Å². The second-order valence-electron chi connectivity index (χ2n) is 8.16. The molecule has 0 saturated heterocycles. The number of rotatable bonds is 9. The number of aryl methyl sites for hydroxylation is 1. The number of hydrogen-bond donors (Lipinski definition) is 0. The van der Waals surface area contributed by atoms with Crippen molar-refractivity contribution in [2.75, 3.05) is 7.11 Å². The summed E-state index contributed by atoms with van der Waals surface area (Å²) >= 11 is 10.6. The molecule has 6 nitrogen and oxygen atoms in total. The van der Waals surface area contributed by atoms with E-state index < -0.39 is 0 Å². The van der Waals surface area contributed by atoms with Gasteiger partial charge in [-0.25, -0.2) is 9.37 Å². The molecule has 192 valence electrons. The van der Waals surface area contributed by atoms with Crippen LogP contribution in [0.15, 0.2) is 71.8 Å². The highest BCUT2D eigenvalue weighted by Gasteiger charge is 2.18. The molecular formula is C27H23Br3FN3O3. The highest BCUT2D eigenvalue weighted by Crippen LogP contribution is 2.42. The lowest BCUT2D eigenvalue weighted by atomic mass is 10.2. The van der Waals surface area contributed by atoms with Crippen LogP contribution >= 0.6 is 47.8 Å². The zero-order valence-electron chi connectivity index (χ0n) is 20.1. The molecule has 0 radical (unpaired) electrons. The Morgan fingerprint density at radius 3 is 2.62 bits per heavy atom. The topological polar surface area (TPSA) is 65.7 Å². The van der Waals surface area contributed by atoms with E-state index in [4.69, 9.17) is 14.5 Å². The van der Waals surface area contributed by atoms with Crippen molar-refractivity contribution in [1.82, 2.24) is 9.66 Å². The van der Waals surface area contributed by atoms with Crippen molar-refractivity contribution in [1.29, 1.82) is 0 Å². The quantitative estimate of drug-likeness (QED) is 0.169. The number of aromatic nitrogens is 2. The minimum Gasteiger partial charge on any atom is -0.493 e. The Labute approximate surface area is 238 Å². The summed E-state index contributed by atoms with van der Waals surface area (Å²) in [6.45, 7) is 2.11. The summed E-state index contributed by atoms with van der Waals surface area (Å²) in [5.74, 6) is 1.07. The van der Waals surface area contributed by atoms with Crippen LogP contribution in [0.1, 0.15) is 36.7 Å². The highest BCUT2D eigenvalue weighted by molar-refractivity contribution is 9.13. The van der Waals surface area contributed by atoms with Crippen LogP contribution in [0.2, 0.25) is 0 Å². The zero-order valence-corrected chi connectivity index (χ0v) is 24.9. The summed E-state index contributed by atoms with van der Waals surface area (Å²) in [5, 5.41) is 5.00. The fourth-order valence-electron chi connectivity index (χ4n) is 3.68. The van der Waals surface area contributed by atoms with E-state index in [0.717, 1.165) is 17.3 Å². The van der Waals surface area contributed by atoms with Crippen molar-refractivity contribution >= 4 is 64.9 Å². The molecule has 0 unspecified atom stereocenters. The van der Waals surface area contributed by atoms with Crippen LogP contribution in [0, 0.1) is 5.82 Å². The Hall–Kier alpha value is -2.56. The van der Waals surface area contributed by atoms with Gasteiger partial charge in [0.25, 0.3) is 5.56 Å². The first-order valence-corrected chi connectivity index (χ1v) is 13.9. The fourth-order valence-corrected chi connectivity index (χ4v) is 4.98. The van der Waals surface area contributed by atoms with Crippen molar-refractivity contribution in [2.45, 2.75) is 32.8 Å².